The molecule has 0 aliphatic rings. The average Bonchev–Trinajstić information content (AvgIpc) is 2.44. The lowest BCUT2D eigenvalue weighted by atomic mass is 10.2. The quantitative estimate of drug-likeness (QED) is 0.657. The molecule has 1 aromatic carbocycles. The number of hydrogen-bond donors (Lipinski definition) is 2. The van der Waals surface area contributed by atoms with Crippen LogP contribution in [0.15, 0.2) is 46.2 Å². The van der Waals surface area contributed by atoms with Crippen LogP contribution >= 0.6 is 27.5 Å². The van der Waals surface area contributed by atoms with Gasteiger partial charge in [-0.05, 0) is 24.3 Å². The Labute approximate surface area is 128 Å². The molecule has 102 valence electrons. The van der Waals surface area contributed by atoms with Gasteiger partial charge in [-0.3, -0.25) is 9.78 Å². The predicted octanol–water partition coefficient (Wildman–Crippen LogP) is 2.97. The third kappa shape index (κ3) is 3.55. The summed E-state index contributed by atoms with van der Waals surface area (Å²) in [5, 5.41) is 13.7. The van der Waals surface area contributed by atoms with Crippen molar-refractivity contribution < 1.29 is 9.90 Å². The minimum absolute atomic E-state index is 0.100. The van der Waals surface area contributed by atoms with E-state index in [4.69, 9.17) is 11.6 Å². The Hall–Kier alpha value is -1.92. The normalized spacial score (nSPS) is 10.7. The van der Waals surface area contributed by atoms with E-state index in [0.717, 1.165) is 0 Å². The molecule has 1 aromatic heterocycles. The fourth-order valence-corrected chi connectivity index (χ4v) is 2.25. The van der Waals surface area contributed by atoms with Crippen molar-refractivity contribution in [3.05, 3.63) is 57.3 Å². The van der Waals surface area contributed by atoms with Gasteiger partial charge in [-0.1, -0.05) is 27.5 Å². The van der Waals surface area contributed by atoms with Gasteiger partial charge in [0, 0.05) is 28.0 Å². The molecule has 0 unspecified atom stereocenters. The minimum Gasteiger partial charge on any atom is -0.506 e. The number of phenolic OH excluding ortho intramolecular Hbond substituents is 1. The number of aromatic nitrogens is 1. The maximum atomic E-state index is 11.7. The molecule has 0 spiro atoms. The first-order valence-corrected chi connectivity index (χ1v) is 6.66. The molecule has 0 aliphatic carbocycles. The van der Waals surface area contributed by atoms with Crippen LogP contribution in [0.25, 0.3) is 0 Å². The molecule has 2 rings (SSSR count). The molecule has 0 aliphatic heterocycles. The summed E-state index contributed by atoms with van der Waals surface area (Å²) in [5.74, 6) is -0.471. The highest BCUT2D eigenvalue weighted by Crippen LogP contribution is 2.30. The second-order valence-corrected chi connectivity index (χ2v) is 5.08. The molecule has 2 N–H and O–H groups in total. The van der Waals surface area contributed by atoms with Gasteiger partial charge in [0.15, 0.2) is 0 Å². The fourth-order valence-electron chi connectivity index (χ4n) is 1.41. The van der Waals surface area contributed by atoms with E-state index in [2.05, 4.69) is 31.4 Å². The van der Waals surface area contributed by atoms with Gasteiger partial charge in [0.25, 0.3) is 5.91 Å². The van der Waals surface area contributed by atoms with Crippen LogP contribution < -0.4 is 5.43 Å². The molecule has 0 saturated carbocycles. The number of nitrogens with zero attached hydrogens (tertiary/aromatic N) is 2. The molecule has 1 heterocycles. The van der Waals surface area contributed by atoms with Gasteiger partial charge in [0.05, 0.1) is 11.2 Å². The van der Waals surface area contributed by atoms with Crippen LogP contribution in [-0.4, -0.2) is 22.2 Å². The molecular weight excluding hydrogens is 346 g/mol. The van der Waals surface area contributed by atoms with Crippen molar-refractivity contribution in [2.45, 2.75) is 0 Å². The van der Waals surface area contributed by atoms with E-state index in [1.165, 1.54) is 18.6 Å². The molecule has 7 heteroatoms. The number of hydrazone groups is 1. The molecule has 0 fully saturated rings. The molecular formula is C13H9BrClN3O2. The summed E-state index contributed by atoms with van der Waals surface area (Å²) in [7, 11) is 0. The van der Waals surface area contributed by atoms with Crippen molar-refractivity contribution in [3.63, 3.8) is 0 Å². The van der Waals surface area contributed by atoms with Crippen LogP contribution in [0.2, 0.25) is 5.02 Å². The van der Waals surface area contributed by atoms with Crippen LogP contribution in [0.4, 0.5) is 0 Å². The maximum absolute atomic E-state index is 11.7. The summed E-state index contributed by atoms with van der Waals surface area (Å²) in [6, 6.07) is 6.32. The molecule has 2 aromatic rings. The van der Waals surface area contributed by atoms with Crippen molar-refractivity contribution in [1.29, 1.82) is 0 Å². The van der Waals surface area contributed by atoms with Crippen molar-refractivity contribution in [2.75, 3.05) is 0 Å². The maximum Gasteiger partial charge on any atom is 0.271 e. The zero-order valence-corrected chi connectivity index (χ0v) is 12.4. The number of rotatable bonds is 3. The van der Waals surface area contributed by atoms with Crippen LogP contribution in [0.1, 0.15) is 15.9 Å². The number of pyridine rings is 1. The Morgan fingerprint density at radius 2 is 2.10 bits per heavy atom. The largest absolute Gasteiger partial charge is 0.506 e. The summed E-state index contributed by atoms with van der Waals surface area (Å²) in [6.07, 6.45) is 4.34. The zero-order chi connectivity index (χ0) is 14.5. The van der Waals surface area contributed by atoms with E-state index in [-0.39, 0.29) is 16.7 Å². The molecule has 1 amide bonds. The third-order valence-corrected chi connectivity index (χ3v) is 3.12. The van der Waals surface area contributed by atoms with Crippen LogP contribution in [-0.2, 0) is 0 Å². The Kier molecular flexibility index (Phi) is 4.70. The average molecular weight is 355 g/mol. The van der Waals surface area contributed by atoms with Crippen molar-refractivity contribution in [3.8, 4) is 5.75 Å². The first-order valence-electron chi connectivity index (χ1n) is 5.49. The number of carbonyl (C=O) groups is 1. The monoisotopic (exact) mass is 353 g/mol. The Bertz CT molecular complexity index is 662. The van der Waals surface area contributed by atoms with Crippen LogP contribution in [0, 0.1) is 0 Å². The standard InChI is InChI=1S/C13H9BrClN3O2/c14-10-5-9(12(19)11(15)6-10)7-17-18-13(20)8-1-3-16-4-2-8/h1-7,19H,(H,18,20)/b17-7+. The number of benzene rings is 1. The lowest BCUT2D eigenvalue weighted by Gasteiger charge is -2.03. The van der Waals surface area contributed by atoms with Gasteiger partial charge in [0.1, 0.15) is 5.75 Å². The first kappa shape index (κ1) is 14.5. The summed E-state index contributed by atoms with van der Waals surface area (Å²) in [4.78, 5) is 15.5. The van der Waals surface area contributed by atoms with Gasteiger partial charge in [-0.2, -0.15) is 5.10 Å². The molecule has 0 saturated heterocycles. The minimum atomic E-state index is -0.371. The van der Waals surface area contributed by atoms with E-state index in [9.17, 15) is 9.90 Å². The number of nitrogens with one attached hydrogen (secondary N) is 1. The van der Waals surface area contributed by atoms with Crippen LogP contribution in [0.3, 0.4) is 0 Å². The first-order chi connectivity index (χ1) is 9.58. The lowest BCUT2D eigenvalue weighted by Crippen LogP contribution is -2.17. The number of phenols is 1. The topological polar surface area (TPSA) is 74.6 Å². The van der Waals surface area contributed by atoms with E-state index >= 15 is 0 Å². The van der Waals surface area contributed by atoms with Crippen molar-refractivity contribution in [2.24, 2.45) is 5.10 Å². The molecule has 0 radical (unpaired) electrons. The van der Waals surface area contributed by atoms with Gasteiger partial charge in [-0.25, -0.2) is 5.43 Å². The predicted molar refractivity (Wildman–Crippen MR) is 80.1 cm³/mol. The second kappa shape index (κ2) is 6.49. The Morgan fingerprint density at radius 3 is 2.80 bits per heavy atom. The van der Waals surface area contributed by atoms with Gasteiger partial charge in [0.2, 0.25) is 0 Å². The van der Waals surface area contributed by atoms with Crippen molar-refractivity contribution in [1.82, 2.24) is 10.4 Å². The van der Waals surface area contributed by atoms with Gasteiger partial charge < -0.3 is 5.11 Å². The summed E-state index contributed by atoms with van der Waals surface area (Å²) < 4.78 is 0.696. The molecule has 0 bridgehead atoms. The number of carbonyl (C=O) groups excluding carboxylic acids is 1. The summed E-state index contributed by atoms with van der Waals surface area (Å²) in [6.45, 7) is 0. The number of amides is 1. The lowest BCUT2D eigenvalue weighted by molar-refractivity contribution is 0.0955. The highest BCUT2D eigenvalue weighted by atomic mass is 79.9. The van der Waals surface area contributed by atoms with Gasteiger partial charge in [-0.15, -0.1) is 0 Å². The summed E-state index contributed by atoms with van der Waals surface area (Å²) >= 11 is 9.07. The van der Waals surface area contributed by atoms with Crippen LogP contribution in [0.5, 0.6) is 5.75 Å². The zero-order valence-electron chi connectivity index (χ0n) is 10.0. The highest BCUT2D eigenvalue weighted by Gasteiger charge is 2.06. The molecule has 20 heavy (non-hydrogen) atoms. The highest BCUT2D eigenvalue weighted by molar-refractivity contribution is 9.10. The van der Waals surface area contributed by atoms with E-state index in [0.29, 0.717) is 15.6 Å². The van der Waals surface area contributed by atoms with E-state index < -0.39 is 0 Å². The van der Waals surface area contributed by atoms with Crippen molar-refractivity contribution >= 4 is 39.7 Å². The second-order valence-electron chi connectivity index (χ2n) is 3.76. The van der Waals surface area contributed by atoms with E-state index in [1.54, 1.807) is 24.3 Å². The molecule has 0 atom stereocenters. The fraction of sp³-hybridized carbons (Fsp3) is 0. The third-order valence-electron chi connectivity index (χ3n) is 2.37. The Morgan fingerprint density at radius 1 is 1.40 bits per heavy atom. The summed E-state index contributed by atoms with van der Waals surface area (Å²) in [5.41, 5.74) is 3.17. The van der Waals surface area contributed by atoms with Gasteiger partial charge >= 0.3 is 0 Å². The number of halogens is 2. The number of aromatic hydroxyl groups is 1. The number of hydrogen-bond acceptors (Lipinski definition) is 4. The smallest absolute Gasteiger partial charge is 0.271 e. The molecule has 5 nitrogen and oxygen atoms in total. The Balaban J connectivity index is 2.10. The van der Waals surface area contributed by atoms with E-state index in [1.807, 2.05) is 0 Å². The SMILES string of the molecule is O=C(N/N=C/c1cc(Br)cc(Cl)c1O)c1ccncc1.